The van der Waals surface area contributed by atoms with Crippen molar-refractivity contribution in [2.45, 2.75) is 33.4 Å². The highest BCUT2D eigenvalue weighted by atomic mass is 35.5. The SMILES string of the molecule is CCCOc1ccc(CN2C(=O)NC(=O)/C(=C\c3cc(Cl)c(OCc4ccccc4Cl)c(OC)c3)C2=O)cc1OCC. The average Bonchev–Trinajstić information content (AvgIpc) is 2.97. The van der Waals surface area contributed by atoms with Crippen molar-refractivity contribution >= 4 is 47.1 Å². The Labute approximate surface area is 253 Å². The van der Waals surface area contributed by atoms with Crippen LogP contribution in [0.2, 0.25) is 10.0 Å². The van der Waals surface area contributed by atoms with Crippen LogP contribution < -0.4 is 24.3 Å². The van der Waals surface area contributed by atoms with Crippen LogP contribution in [0.5, 0.6) is 23.0 Å². The molecular formula is C31H30Cl2N2O7. The molecule has 0 saturated carbocycles. The normalized spacial score (nSPS) is 14.2. The molecule has 1 saturated heterocycles. The Morgan fingerprint density at radius 3 is 2.38 bits per heavy atom. The van der Waals surface area contributed by atoms with Gasteiger partial charge in [0.15, 0.2) is 23.0 Å². The summed E-state index contributed by atoms with van der Waals surface area (Å²) in [5.41, 5.74) is 1.52. The fourth-order valence-electron chi connectivity index (χ4n) is 4.17. The van der Waals surface area contributed by atoms with Crippen LogP contribution in [0.3, 0.4) is 0 Å². The smallest absolute Gasteiger partial charge is 0.331 e. The fourth-order valence-corrected chi connectivity index (χ4v) is 4.63. The predicted molar refractivity (Wildman–Crippen MR) is 159 cm³/mol. The zero-order valence-electron chi connectivity index (χ0n) is 23.4. The summed E-state index contributed by atoms with van der Waals surface area (Å²) in [6.07, 6.45) is 2.17. The molecule has 3 aromatic carbocycles. The van der Waals surface area contributed by atoms with Gasteiger partial charge in [0.05, 0.1) is 31.9 Å². The van der Waals surface area contributed by atoms with Gasteiger partial charge in [-0.1, -0.05) is 54.4 Å². The standard InChI is InChI=1S/C31H30Cl2N2O7/c1-4-12-41-25-11-10-19(15-26(25)40-5-2)17-35-30(37)22(29(36)34-31(35)38)13-20-14-24(33)28(27(16-20)39-3)42-18-21-8-6-7-9-23(21)32/h6-11,13-16H,4-5,12,17-18H2,1-3H3,(H,34,36,38)/b22-13+. The van der Waals surface area contributed by atoms with Crippen molar-refractivity contribution < 1.29 is 33.3 Å². The number of hydrogen-bond donors (Lipinski definition) is 1. The maximum absolute atomic E-state index is 13.4. The van der Waals surface area contributed by atoms with Crippen LogP contribution in [-0.4, -0.2) is 43.1 Å². The molecule has 1 fully saturated rings. The summed E-state index contributed by atoms with van der Waals surface area (Å²) in [7, 11) is 1.44. The van der Waals surface area contributed by atoms with Gasteiger partial charge in [0.25, 0.3) is 11.8 Å². The Kier molecular flexibility index (Phi) is 10.3. The summed E-state index contributed by atoms with van der Waals surface area (Å²) in [5, 5.41) is 2.97. The highest BCUT2D eigenvalue weighted by Crippen LogP contribution is 2.38. The first kappa shape index (κ1) is 30.7. The molecule has 0 radical (unpaired) electrons. The minimum absolute atomic E-state index is 0.0949. The fraction of sp³-hybridized carbons (Fsp3) is 0.258. The van der Waals surface area contributed by atoms with Crippen LogP contribution >= 0.6 is 23.2 Å². The number of amides is 4. The lowest BCUT2D eigenvalue weighted by molar-refractivity contribution is -0.130. The quantitative estimate of drug-likeness (QED) is 0.186. The lowest BCUT2D eigenvalue weighted by atomic mass is 10.1. The van der Waals surface area contributed by atoms with Gasteiger partial charge in [-0.2, -0.15) is 0 Å². The molecule has 1 aliphatic heterocycles. The first-order chi connectivity index (χ1) is 20.2. The van der Waals surface area contributed by atoms with Gasteiger partial charge in [-0.25, -0.2) is 4.79 Å². The topological polar surface area (TPSA) is 103 Å². The summed E-state index contributed by atoms with van der Waals surface area (Å²) in [5.74, 6) is 0.0353. The van der Waals surface area contributed by atoms with Crippen molar-refractivity contribution in [1.82, 2.24) is 10.2 Å². The molecule has 220 valence electrons. The maximum Gasteiger partial charge on any atom is 0.331 e. The van der Waals surface area contributed by atoms with E-state index in [2.05, 4.69) is 5.32 Å². The van der Waals surface area contributed by atoms with Crippen LogP contribution in [0.25, 0.3) is 6.08 Å². The zero-order chi connectivity index (χ0) is 30.2. The number of carbonyl (C=O) groups is 3. The third-order valence-electron chi connectivity index (χ3n) is 6.19. The number of methoxy groups -OCH3 is 1. The minimum Gasteiger partial charge on any atom is -0.493 e. The lowest BCUT2D eigenvalue weighted by Gasteiger charge is -2.26. The average molecular weight is 613 g/mol. The minimum atomic E-state index is -0.828. The molecule has 0 aliphatic carbocycles. The summed E-state index contributed by atoms with van der Waals surface area (Å²) in [6, 6.07) is 14.7. The molecule has 0 unspecified atom stereocenters. The van der Waals surface area contributed by atoms with E-state index in [1.165, 1.54) is 19.3 Å². The summed E-state index contributed by atoms with van der Waals surface area (Å²) in [4.78, 5) is 39.7. The van der Waals surface area contributed by atoms with Crippen LogP contribution in [0, 0.1) is 0 Å². The third kappa shape index (κ3) is 7.16. The first-order valence-electron chi connectivity index (χ1n) is 13.3. The number of rotatable bonds is 12. The van der Waals surface area contributed by atoms with Gasteiger partial charge in [0, 0.05) is 10.6 Å². The molecule has 11 heteroatoms. The number of ether oxygens (including phenoxy) is 4. The second-order valence-electron chi connectivity index (χ2n) is 9.19. The Morgan fingerprint density at radius 1 is 0.881 bits per heavy atom. The molecule has 9 nitrogen and oxygen atoms in total. The number of carbonyl (C=O) groups excluding carboxylic acids is 3. The maximum atomic E-state index is 13.4. The van der Waals surface area contributed by atoms with E-state index in [1.54, 1.807) is 30.3 Å². The van der Waals surface area contributed by atoms with Crippen molar-refractivity contribution in [1.29, 1.82) is 0 Å². The molecule has 0 aromatic heterocycles. The van der Waals surface area contributed by atoms with Crippen LogP contribution in [0.1, 0.15) is 37.0 Å². The second-order valence-corrected chi connectivity index (χ2v) is 10.00. The number of hydrogen-bond acceptors (Lipinski definition) is 7. The van der Waals surface area contributed by atoms with E-state index in [0.29, 0.717) is 40.9 Å². The van der Waals surface area contributed by atoms with E-state index in [9.17, 15) is 14.4 Å². The Morgan fingerprint density at radius 2 is 1.67 bits per heavy atom. The van der Waals surface area contributed by atoms with Crippen molar-refractivity contribution in [3.63, 3.8) is 0 Å². The Bertz CT molecular complexity index is 1520. The number of benzene rings is 3. The summed E-state index contributed by atoms with van der Waals surface area (Å²) < 4.78 is 22.8. The molecule has 1 N–H and O–H groups in total. The van der Waals surface area contributed by atoms with E-state index in [4.69, 9.17) is 42.1 Å². The van der Waals surface area contributed by atoms with Crippen molar-refractivity contribution in [2.24, 2.45) is 0 Å². The second kappa shape index (κ2) is 14.1. The van der Waals surface area contributed by atoms with Crippen LogP contribution in [0.4, 0.5) is 4.79 Å². The molecule has 3 aromatic rings. The van der Waals surface area contributed by atoms with E-state index in [1.807, 2.05) is 32.0 Å². The van der Waals surface area contributed by atoms with E-state index >= 15 is 0 Å². The van der Waals surface area contributed by atoms with Gasteiger partial charge in [0.2, 0.25) is 0 Å². The number of barbiturate groups is 1. The molecule has 4 rings (SSSR count). The number of nitrogens with one attached hydrogen (secondary N) is 1. The molecule has 1 aliphatic rings. The monoisotopic (exact) mass is 612 g/mol. The molecule has 0 bridgehead atoms. The Balaban J connectivity index is 1.58. The molecule has 42 heavy (non-hydrogen) atoms. The molecular weight excluding hydrogens is 583 g/mol. The zero-order valence-corrected chi connectivity index (χ0v) is 24.9. The number of nitrogens with zero attached hydrogens (tertiary/aromatic N) is 1. The number of imide groups is 2. The molecule has 1 heterocycles. The van der Waals surface area contributed by atoms with Gasteiger partial charge in [0.1, 0.15) is 12.2 Å². The predicted octanol–water partition coefficient (Wildman–Crippen LogP) is 6.43. The van der Waals surface area contributed by atoms with Crippen molar-refractivity contribution in [3.8, 4) is 23.0 Å². The van der Waals surface area contributed by atoms with Crippen molar-refractivity contribution in [3.05, 3.63) is 86.9 Å². The third-order valence-corrected chi connectivity index (χ3v) is 6.84. The molecule has 0 spiro atoms. The lowest BCUT2D eigenvalue weighted by Crippen LogP contribution is -2.53. The molecule has 4 amide bonds. The first-order valence-corrected chi connectivity index (χ1v) is 14.0. The van der Waals surface area contributed by atoms with E-state index in [-0.39, 0.29) is 35.2 Å². The van der Waals surface area contributed by atoms with Crippen LogP contribution in [-0.2, 0) is 22.7 Å². The number of urea groups is 1. The summed E-state index contributed by atoms with van der Waals surface area (Å²) in [6.45, 7) is 4.82. The van der Waals surface area contributed by atoms with Gasteiger partial charge >= 0.3 is 6.03 Å². The van der Waals surface area contributed by atoms with E-state index < -0.39 is 17.8 Å². The largest absolute Gasteiger partial charge is 0.493 e. The van der Waals surface area contributed by atoms with Crippen LogP contribution in [0.15, 0.2) is 60.2 Å². The van der Waals surface area contributed by atoms with Gasteiger partial charge in [-0.3, -0.25) is 19.8 Å². The van der Waals surface area contributed by atoms with Gasteiger partial charge in [-0.05, 0) is 60.9 Å². The summed E-state index contributed by atoms with van der Waals surface area (Å²) >= 11 is 12.7. The van der Waals surface area contributed by atoms with E-state index in [0.717, 1.165) is 16.9 Å². The van der Waals surface area contributed by atoms with Gasteiger partial charge in [-0.15, -0.1) is 0 Å². The molecule has 0 atom stereocenters. The number of halogens is 2. The Hall–Kier alpha value is -4.21. The highest BCUT2D eigenvalue weighted by molar-refractivity contribution is 6.33. The van der Waals surface area contributed by atoms with Gasteiger partial charge < -0.3 is 18.9 Å². The highest BCUT2D eigenvalue weighted by Gasteiger charge is 2.36. The van der Waals surface area contributed by atoms with Crippen molar-refractivity contribution in [2.75, 3.05) is 20.3 Å².